The van der Waals surface area contributed by atoms with Crippen molar-refractivity contribution in [3.8, 4) is 35.8 Å². The van der Waals surface area contributed by atoms with Gasteiger partial charge in [-0.25, -0.2) is 19.9 Å². The highest BCUT2D eigenvalue weighted by Gasteiger charge is 2.61. The number of rotatable bonds is 23. The van der Waals surface area contributed by atoms with E-state index in [0.717, 1.165) is 224 Å². The van der Waals surface area contributed by atoms with Gasteiger partial charge in [-0.2, -0.15) is 21.0 Å². The average molecular weight is 1970 g/mol. The van der Waals surface area contributed by atoms with Gasteiger partial charge in [0, 0.05) is 223 Å². The number of likely N-dealkylation sites (tertiary alicyclic amines) is 4. The summed E-state index contributed by atoms with van der Waals surface area (Å²) in [5.41, 5.74) is 20.5. The molecule has 4 aliphatic heterocycles. The number of aromatic nitrogens is 8. The molecule has 760 valence electrons. The first-order valence-electron chi connectivity index (χ1n) is 53.3. The molecule has 4 amide bonds. The van der Waals surface area contributed by atoms with Crippen LogP contribution in [0.4, 0.5) is 0 Å². The summed E-state index contributed by atoms with van der Waals surface area (Å²) in [4.78, 5) is 132. The highest BCUT2D eigenvalue weighted by atomic mass is 16.5. The molecule has 26 heteroatoms. The molecule has 12 aromatic rings. The molecule has 26 nitrogen and oxygen atoms in total. The second-order valence-electron chi connectivity index (χ2n) is 43.7. The lowest BCUT2D eigenvalue weighted by Crippen LogP contribution is -2.59. The lowest BCUT2D eigenvalue weighted by Gasteiger charge is -2.64. The van der Waals surface area contributed by atoms with Gasteiger partial charge < -0.3 is 47.7 Å². The maximum absolute atomic E-state index is 13.2. The first-order chi connectivity index (χ1) is 70.9. The van der Waals surface area contributed by atoms with Gasteiger partial charge in [0.05, 0.1) is 53.6 Å². The average Bonchev–Trinajstić information content (AvgIpc) is 1.52. The van der Waals surface area contributed by atoms with E-state index < -0.39 is 0 Å². The predicted molar refractivity (Wildman–Crippen MR) is 565 cm³/mol. The Bertz CT molecular complexity index is 7280. The molecule has 8 aromatic heterocycles. The van der Waals surface area contributed by atoms with Gasteiger partial charge in [-0.05, 0) is 305 Å². The summed E-state index contributed by atoms with van der Waals surface area (Å²) in [6.07, 6.45) is 41.9. The van der Waals surface area contributed by atoms with Crippen molar-refractivity contribution in [2.75, 3.05) is 59.5 Å². The molecule has 22 rings (SSSR count). The van der Waals surface area contributed by atoms with Gasteiger partial charge in [0.2, 0.25) is 23.6 Å². The molecule has 10 aliphatic rings. The van der Waals surface area contributed by atoms with E-state index in [-0.39, 0.29) is 83.8 Å². The number of amides is 4. The third-order valence-electron chi connectivity index (χ3n) is 34.8. The van der Waals surface area contributed by atoms with E-state index in [1.54, 1.807) is 79.1 Å². The van der Waals surface area contributed by atoms with E-state index in [1.165, 1.54) is 118 Å². The fraction of sp³-hybridized carbons (Fsp3) is 0.471. The normalized spacial score (nSPS) is 18.8. The number of phenols is 1. The van der Waals surface area contributed by atoms with Crippen LogP contribution in [0.25, 0.3) is 44.1 Å². The molecule has 0 radical (unpaired) electrons. The molecule has 0 spiro atoms. The Hall–Kier alpha value is -14.2. The van der Waals surface area contributed by atoms with Crippen molar-refractivity contribution in [3.05, 3.63) is 246 Å². The highest BCUT2D eigenvalue weighted by Crippen LogP contribution is 2.68. The molecule has 0 unspecified atom stereocenters. The van der Waals surface area contributed by atoms with Gasteiger partial charge in [-0.3, -0.25) is 38.4 Å². The summed E-state index contributed by atoms with van der Waals surface area (Å²) >= 11 is 0. The number of nitrogens with zero attached hydrogens (tertiary/aromatic N) is 16. The van der Waals surface area contributed by atoms with E-state index in [0.29, 0.717) is 103 Å². The molecule has 6 aliphatic carbocycles. The summed E-state index contributed by atoms with van der Waals surface area (Å²) in [7, 11) is 9.59. The quantitative estimate of drug-likeness (QED) is 0.0581. The molecule has 6 saturated carbocycles. The molecule has 147 heavy (non-hydrogen) atoms. The maximum Gasteiger partial charge on any atom is 0.225 e. The molecule has 12 heterocycles. The molecular weight excluding hydrogens is 1840 g/mol. The Morgan fingerprint density at radius 1 is 0.388 bits per heavy atom. The minimum Gasteiger partial charge on any atom is -0.508 e. The van der Waals surface area contributed by atoms with Crippen molar-refractivity contribution in [1.29, 1.82) is 21.0 Å². The van der Waals surface area contributed by atoms with Crippen LogP contribution >= 0.6 is 0 Å². The largest absolute Gasteiger partial charge is 0.508 e. The first kappa shape index (κ1) is 103. The first-order valence-corrected chi connectivity index (χ1v) is 53.3. The van der Waals surface area contributed by atoms with Crippen LogP contribution in [0.3, 0.4) is 0 Å². The number of benzene rings is 4. The van der Waals surface area contributed by atoms with Gasteiger partial charge in [0.25, 0.3) is 0 Å². The SMILES string of the molecule is COc1cc(C#N)cc(C(=O)Cc2cnc3c(c(C4CCN(C(=O)C5CCCC5)CC4)cn3C)c2C)c1.Cc1c(CC(=O)c2cc(O)cc(C#N)c2)cnc2c1c(C1CCN(C(=O)C3CCCC3)CC1)cn2C.Cc1c(CC(=O)c2cccc(C#N)c2)cnc2c1c(C1CCN(C(=O)[C@H](C)C34CC(C3)C4)CC1)cn2C.Cc1c(CC(=O)c2cccc(C#N)c2)cnc2c1c(C1CCN(C(=O)[C@H](C)C3CCCC3)CC1)cn2C. The summed E-state index contributed by atoms with van der Waals surface area (Å²) in [6, 6.07) is 31.2. The Morgan fingerprint density at radius 3 is 1.02 bits per heavy atom. The van der Waals surface area contributed by atoms with Crippen molar-refractivity contribution in [1.82, 2.24) is 57.8 Å². The molecule has 10 fully saturated rings. The molecule has 1 N–H and O–H groups in total. The fourth-order valence-electron chi connectivity index (χ4n) is 25.7. The zero-order valence-electron chi connectivity index (χ0n) is 87.0. The van der Waals surface area contributed by atoms with Crippen molar-refractivity contribution >= 4 is 90.9 Å². The van der Waals surface area contributed by atoms with E-state index >= 15 is 0 Å². The molecule has 2 bridgehead atoms. The van der Waals surface area contributed by atoms with Crippen molar-refractivity contribution in [2.45, 2.75) is 239 Å². The molecule has 4 saturated heterocycles. The Balaban J connectivity index is 0.000000128. The number of carbonyl (C=O) groups excluding carboxylic acids is 8. The number of aromatic hydroxyl groups is 1. The number of methoxy groups -OCH3 is 1. The number of hydrogen-bond acceptors (Lipinski definition) is 18. The monoisotopic (exact) mass is 1970 g/mol. The number of carbonyl (C=O) groups is 8. The number of fused-ring (bicyclic) bond motifs is 4. The smallest absolute Gasteiger partial charge is 0.225 e. The minimum atomic E-state index is -0.164. The minimum absolute atomic E-state index is 0.0107. The van der Waals surface area contributed by atoms with Crippen LogP contribution in [0.2, 0.25) is 0 Å². The van der Waals surface area contributed by atoms with Crippen molar-refractivity contribution in [3.63, 3.8) is 0 Å². The second-order valence-corrected chi connectivity index (χ2v) is 43.7. The summed E-state index contributed by atoms with van der Waals surface area (Å²) < 4.78 is 13.6. The predicted octanol–water partition coefficient (Wildman–Crippen LogP) is 20.9. The Kier molecular flexibility index (Phi) is 30.9. The third kappa shape index (κ3) is 21.4. The maximum atomic E-state index is 13.2. The van der Waals surface area contributed by atoms with E-state index in [1.807, 2.05) is 58.1 Å². The van der Waals surface area contributed by atoms with Crippen LogP contribution < -0.4 is 4.74 Å². The molecule has 2 atom stereocenters. The van der Waals surface area contributed by atoms with Gasteiger partial charge in [-0.1, -0.05) is 76.6 Å². The summed E-state index contributed by atoms with van der Waals surface area (Å²) in [6.45, 7) is 19.0. The summed E-state index contributed by atoms with van der Waals surface area (Å²) in [5, 5.41) is 51.3. The van der Waals surface area contributed by atoms with Crippen LogP contribution in [0, 0.1) is 114 Å². The van der Waals surface area contributed by atoms with E-state index in [2.05, 4.69) is 111 Å². The van der Waals surface area contributed by atoms with E-state index in [4.69, 9.17) is 24.7 Å². The van der Waals surface area contributed by atoms with Crippen LogP contribution in [-0.4, -0.2) is 169 Å². The molecular formula is C121H136N16O10. The number of aryl methyl sites for hydroxylation is 8. The number of phenolic OH excluding ortho intramolecular Hbond substituents is 1. The lowest BCUT2D eigenvalue weighted by atomic mass is 9.40. The number of hydrogen-bond donors (Lipinski definition) is 1. The van der Waals surface area contributed by atoms with Crippen LogP contribution in [0.1, 0.15) is 316 Å². The third-order valence-corrected chi connectivity index (χ3v) is 34.8. The summed E-state index contributed by atoms with van der Waals surface area (Å²) in [5.74, 6) is 5.18. The Labute approximate surface area is 861 Å². The lowest BCUT2D eigenvalue weighted by molar-refractivity contribution is -0.173. The number of piperidine rings is 4. The van der Waals surface area contributed by atoms with Gasteiger partial charge >= 0.3 is 0 Å². The van der Waals surface area contributed by atoms with Crippen LogP contribution in [0.5, 0.6) is 11.5 Å². The number of ketones is 4. The van der Waals surface area contributed by atoms with E-state index in [9.17, 15) is 64.5 Å². The number of ether oxygens (including phenoxy) is 1. The zero-order chi connectivity index (χ0) is 104. The van der Waals surface area contributed by atoms with Crippen LogP contribution in [-0.2, 0) is 73.1 Å². The van der Waals surface area contributed by atoms with Gasteiger partial charge in [-0.15, -0.1) is 0 Å². The fourth-order valence-corrected chi connectivity index (χ4v) is 25.7. The highest BCUT2D eigenvalue weighted by molar-refractivity contribution is 6.02. The van der Waals surface area contributed by atoms with Gasteiger partial charge in [0.1, 0.15) is 34.1 Å². The number of nitriles is 4. The van der Waals surface area contributed by atoms with Crippen molar-refractivity contribution < 1.29 is 48.2 Å². The number of pyridine rings is 4. The number of Topliss-reactive ketones (excluding diaryl/α,β-unsaturated/α-hetero) is 4. The van der Waals surface area contributed by atoms with Gasteiger partial charge in [0.15, 0.2) is 23.1 Å². The van der Waals surface area contributed by atoms with Crippen molar-refractivity contribution in [2.24, 2.45) is 69.1 Å². The van der Waals surface area contributed by atoms with Crippen LogP contribution in [0.15, 0.2) is 135 Å². The zero-order valence-corrected chi connectivity index (χ0v) is 87.0. The molecule has 4 aromatic carbocycles. The Morgan fingerprint density at radius 2 is 0.694 bits per heavy atom. The second kappa shape index (κ2) is 44.2. The standard InChI is InChI=1S/C31H34N4O2.C31H36N4O2.C30H34N4O3.C29H32N4O3/c1-19-25(12-27(36)24-6-4-5-21(11-24)16-32)17-33-29-28(19)26(18-34(29)3)23-7-9-35(10-8-23)30(37)20(2)31-13-22(14-31)15-31;1-20-26(16-28(36)25-10-6-7-22(15-25)17-32)18-33-30-29(20)27(19-34(30)3)24-11-13-35(14-12-24)31(37)21(2)23-8-4-5-9-23;1-19-24(15-27(35)23-12-20(16-31)13-25(14-23)37-3)17-32-29-28(19)26(18-33(29)2)21-8-10-34(11-9-21)30(36)22-6-4-5-7-22;1-18-23(14-26(35)22-11-19(15-30)12-24(34)13-22)16-31-28-27(18)25(17-32(28)2)20-7-9-33(10-8-20)29(36)21-5-3-4-6-21/h4-6,11,17-18,20,22-23H,7-10,12-15H2,1-3H3;6-7,10,15,18-19,21,23-24H,4-5,8-9,11-14,16H2,1-3H3;12-14,17-18,21-22H,4-11,15H2,1-3H3;11-13,16-17,20-21,34H,3-10,14H2,1-2H3/t20-,22?,31?;21-;;/m01../s1. The topological polar surface area (TPSA) is 345 Å².